The predicted molar refractivity (Wildman–Crippen MR) is 90.0 cm³/mol. The molecule has 0 spiro atoms. The second kappa shape index (κ2) is 7.41. The maximum absolute atomic E-state index is 12.9. The number of halogens is 1. The number of carbonyl (C=O) groups excluding carboxylic acids is 1. The number of benzene rings is 2. The number of imidazole rings is 1. The van der Waals surface area contributed by atoms with E-state index in [4.69, 9.17) is 0 Å². The van der Waals surface area contributed by atoms with Crippen molar-refractivity contribution in [3.8, 4) is 0 Å². The fraction of sp³-hybridized carbons (Fsp3) is 0.111. The van der Waals surface area contributed by atoms with E-state index >= 15 is 0 Å². The number of amides is 2. The van der Waals surface area contributed by atoms with Crippen LogP contribution in [0.15, 0.2) is 67.0 Å². The molecule has 1 heterocycles. The summed E-state index contributed by atoms with van der Waals surface area (Å²) in [7, 11) is 0. The number of rotatable bonds is 5. The Morgan fingerprint density at radius 3 is 2.54 bits per heavy atom. The largest absolute Gasteiger partial charge is 0.349 e. The number of nitrogens with one attached hydrogen (secondary N) is 3. The highest BCUT2D eigenvalue weighted by Crippen LogP contribution is 2.17. The van der Waals surface area contributed by atoms with Crippen molar-refractivity contribution < 1.29 is 9.18 Å². The first-order valence-electron chi connectivity index (χ1n) is 7.57. The first kappa shape index (κ1) is 15.7. The highest BCUT2D eigenvalue weighted by Gasteiger charge is 2.16. The number of H-pyrrole nitrogens is 1. The molecule has 2 aromatic carbocycles. The van der Waals surface area contributed by atoms with Crippen LogP contribution in [-0.4, -0.2) is 16.0 Å². The van der Waals surface area contributed by atoms with Gasteiger partial charge in [-0.25, -0.2) is 14.2 Å². The lowest BCUT2D eigenvalue weighted by atomic mass is 10.0. The molecule has 1 atom stereocenters. The average Bonchev–Trinajstić information content (AvgIpc) is 3.10. The molecule has 0 fully saturated rings. The molecule has 0 aliphatic heterocycles. The molecule has 0 bridgehead atoms. The molecule has 3 rings (SSSR count). The molecule has 1 aromatic heterocycles. The molecule has 0 aliphatic rings. The van der Waals surface area contributed by atoms with Gasteiger partial charge in [-0.05, 0) is 29.8 Å². The van der Waals surface area contributed by atoms with E-state index in [2.05, 4.69) is 20.6 Å². The van der Waals surface area contributed by atoms with Crippen LogP contribution in [0.5, 0.6) is 0 Å². The molecule has 3 aromatic rings. The van der Waals surface area contributed by atoms with E-state index < -0.39 is 0 Å². The Morgan fingerprint density at radius 1 is 1.12 bits per heavy atom. The Bertz CT molecular complexity index is 773. The molecule has 0 saturated carbocycles. The second-order valence-corrected chi connectivity index (χ2v) is 5.31. The molecular weight excluding hydrogens is 307 g/mol. The Balaban J connectivity index is 1.71. The van der Waals surface area contributed by atoms with Crippen LogP contribution in [0.25, 0.3) is 0 Å². The lowest BCUT2D eigenvalue weighted by molar-refractivity contribution is 0.248. The maximum Gasteiger partial charge on any atom is 0.319 e. The van der Waals surface area contributed by atoms with Crippen LogP contribution in [0.2, 0.25) is 0 Å². The molecule has 6 heteroatoms. The molecule has 1 unspecified atom stereocenters. The van der Waals surface area contributed by atoms with Gasteiger partial charge in [0.2, 0.25) is 0 Å². The topological polar surface area (TPSA) is 69.8 Å². The summed E-state index contributed by atoms with van der Waals surface area (Å²) in [5.41, 5.74) is 1.50. The van der Waals surface area contributed by atoms with Gasteiger partial charge in [0.25, 0.3) is 0 Å². The molecular formula is C18H17FN4O. The Hall–Kier alpha value is -3.15. The van der Waals surface area contributed by atoms with Crippen LogP contribution in [-0.2, 0) is 6.42 Å². The standard InChI is InChI=1S/C18H17FN4O/c19-14-6-8-15(9-7-14)22-18(24)23-16(12-17-20-10-11-21-17)13-4-2-1-3-5-13/h1-11,16H,12H2,(H,20,21)(H2,22,23,24). The number of aromatic amines is 1. The van der Waals surface area contributed by atoms with E-state index in [0.29, 0.717) is 12.1 Å². The Morgan fingerprint density at radius 2 is 1.88 bits per heavy atom. The summed E-state index contributed by atoms with van der Waals surface area (Å²) in [5.74, 6) is 0.437. The van der Waals surface area contributed by atoms with Gasteiger partial charge in [-0.1, -0.05) is 30.3 Å². The molecule has 0 aliphatic carbocycles. The number of nitrogens with zero attached hydrogens (tertiary/aromatic N) is 1. The van der Waals surface area contributed by atoms with Gasteiger partial charge in [-0.15, -0.1) is 0 Å². The molecule has 2 amide bonds. The van der Waals surface area contributed by atoms with Crippen LogP contribution >= 0.6 is 0 Å². The Labute approximate surface area is 138 Å². The zero-order chi connectivity index (χ0) is 16.8. The first-order valence-corrected chi connectivity index (χ1v) is 7.57. The van der Waals surface area contributed by atoms with Crippen molar-refractivity contribution in [2.45, 2.75) is 12.5 Å². The number of urea groups is 1. The SMILES string of the molecule is O=C(Nc1ccc(F)cc1)NC(Cc1ncc[nH]1)c1ccccc1. The lowest BCUT2D eigenvalue weighted by Gasteiger charge is -2.19. The minimum Gasteiger partial charge on any atom is -0.349 e. The minimum atomic E-state index is -0.359. The van der Waals surface area contributed by atoms with Crippen LogP contribution in [0.4, 0.5) is 14.9 Å². The van der Waals surface area contributed by atoms with E-state index in [1.165, 1.54) is 24.3 Å². The quantitative estimate of drug-likeness (QED) is 0.670. The average molecular weight is 324 g/mol. The fourth-order valence-electron chi connectivity index (χ4n) is 2.40. The van der Waals surface area contributed by atoms with Crippen molar-refractivity contribution in [1.29, 1.82) is 0 Å². The van der Waals surface area contributed by atoms with Crippen LogP contribution in [0.1, 0.15) is 17.4 Å². The van der Waals surface area contributed by atoms with Crippen molar-refractivity contribution >= 4 is 11.7 Å². The highest BCUT2D eigenvalue weighted by atomic mass is 19.1. The van der Waals surface area contributed by atoms with Crippen molar-refractivity contribution in [2.24, 2.45) is 0 Å². The van der Waals surface area contributed by atoms with E-state index in [9.17, 15) is 9.18 Å². The number of hydrogen-bond donors (Lipinski definition) is 3. The number of anilines is 1. The van der Waals surface area contributed by atoms with Gasteiger partial charge in [-0.3, -0.25) is 0 Å². The van der Waals surface area contributed by atoms with E-state index in [0.717, 1.165) is 11.4 Å². The number of hydrogen-bond acceptors (Lipinski definition) is 2. The predicted octanol–water partition coefficient (Wildman–Crippen LogP) is 3.65. The van der Waals surface area contributed by atoms with Gasteiger partial charge in [0.05, 0.1) is 6.04 Å². The normalized spacial score (nSPS) is 11.7. The van der Waals surface area contributed by atoms with E-state index in [1.54, 1.807) is 12.4 Å². The van der Waals surface area contributed by atoms with Gasteiger partial charge in [-0.2, -0.15) is 0 Å². The molecule has 3 N–H and O–H groups in total. The maximum atomic E-state index is 12.9. The smallest absolute Gasteiger partial charge is 0.319 e. The molecule has 5 nitrogen and oxygen atoms in total. The second-order valence-electron chi connectivity index (χ2n) is 5.31. The molecule has 24 heavy (non-hydrogen) atoms. The van der Waals surface area contributed by atoms with Crippen LogP contribution in [0, 0.1) is 5.82 Å². The summed E-state index contributed by atoms with van der Waals surface area (Å²) < 4.78 is 12.9. The Kier molecular flexibility index (Phi) is 4.86. The van der Waals surface area contributed by atoms with E-state index in [1.807, 2.05) is 30.3 Å². The van der Waals surface area contributed by atoms with Gasteiger partial charge < -0.3 is 15.6 Å². The van der Waals surface area contributed by atoms with Crippen molar-refractivity contribution in [2.75, 3.05) is 5.32 Å². The molecule has 0 saturated heterocycles. The van der Waals surface area contributed by atoms with Crippen molar-refractivity contribution in [3.05, 3.63) is 84.2 Å². The molecule has 0 radical (unpaired) electrons. The van der Waals surface area contributed by atoms with Crippen LogP contribution in [0.3, 0.4) is 0 Å². The summed E-state index contributed by atoms with van der Waals surface area (Å²) in [4.78, 5) is 19.5. The highest BCUT2D eigenvalue weighted by molar-refractivity contribution is 5.89. The first-order chi connectivity index (χ1) is 11.7. The summed E-state index contributed by atoms with van der Waals surface area (Å²) in [6.07, 6.45) is 3.96. The zero-order valence-corrected chi connectivity index (χ0v) is 12.9. The van der Waals surface area contributed by atoms with Crippen molar-refractivity contribution in [3.63, 3.8) is 0 Å². The van der Waals surface area contributed by atoms with Gasteiger partial charge in [0.1, 0.15) is 11.6 Å². The monoisotopic (exact) mass is 324 g/mol. The third-order valence-electron chi connectivity index (χ3n) is 3.56. The summed E-state index contributed by atoms with van der Waals surface area (Å²) in [6.45, 7) is 0. The number of carbonyl (C=O) groups is 1. The zero-order valence-electron chi connectivity index (χ0n) is 12.9. The fourth-order valence-corrected chi connectivity index (χ4v) is 2.40. The third-order valence-corrected chi connectivity index (χ3v) is 3.56. The summed E-state index contributed by atoms with van der Waals surface area (Å²) in [5, 5.41) is 5.63. The lowest BCUT2D eigenvalue weighted by Crippen LogP contribution is -2.33. The molecule has 122 valence electrons. The minimum absolute atomic E-state index is 0.238. The van der Waals surface area contributed by atoms with Crippen LogP contribution < -0.4 is 10.6 Å². The van der Waals surface area contributed by atoms with Gasteiger partial charge in [0.15, 0.2) is 0 Å². The van der Waals surface area contributed by atoms with Gasteiger partial charge >= 0.3 is 6.03 Å². The van der Waals surface area contributed by atoms with Gasteiger partial charge in [0, 0.05) is 24.5 Å². The number of aromatic nitrogens is 2. The van der Waals surface area contributed by atoms with Crippen molar-refractivity contribution in [1.82, 2.24) is 15.3 Å². The third kappa shape index (κ3) is 4.19. The summed E-state index contributed by atoms with van der Waals surface area (Å²) in [6, 6.07) is 14.7. The summed E-state index contributed by atoms with van der Waals surface area (Å²) >= 11 is 0. The van der Waals surface area contributed by atoms with E-state index in [-0.39, 0.29) is 17.9 Å².